The van der Waals surface area contributed by atoms with E-state index in [1.165, 1.54) is 27.7 Å². The van der Waals surface area contributed by atoms with Crippen molar-refractivity contribution >= 4 is 142 Å². The molecule has 5 rings (SSSR count). The molecule has 170 valence electrons. The molecular weight excluding hydrogens is 613 g/mol. The molecule has 0 nitrogen and oxygen atoms in total. The lowest BCUT2D eigenvalue weighted by molar-refractivity contribution is 0.942. The number of thioether (sulfide) groups is 8. The zero-order valence-corrected chi connectivity index (χ0v) is 26.2. The van der Waals surface area contributed by atoms with Gasteiger partial charge in [-0.1, -0.05) is 0 Å². The summed E-state index contributed by atoms with van der Waals surface area (Å²) in [5.74, 6) is 3.02. The average molecular weight is 635 g/mol. The van der Waals surface area contributed by atoms with Crippen molar-refractivity contribution in [3.8, 4) is 0 Å². The smallest absolute Gasteiger partial charge is 0.0771 e. The summed E-state index contributed by atoms with van der Waals surface area (Å²) in [5, 5.41) is 7.96. The zero-order chi connectivity index (χ0) is 21.2. The van der Waals surface area contributed by atoms with Crippen LogP contribution in [-0.4, -0.2) is 40.5 Å². The Kier molecular flexibility index (Phi) is 10.2. The minimum atomic E-state index is 0.541. The number of thiophene rings is 2. The van der Waals surface area contributed by atoms with Crippen molar-refractivity contribution in [2.24, 2.45) is 0 Å². The molecule has 2 aromatic heterocycles. The van der Waals surface area contributed by atoms with E-state index in [0.29, 0.717) is 28.8 Å². The van der Waals surface area contributed by atoms with Gasteiger partial charge in [0.15, 0.2) is 0 Å². The Balaban J connectivity index is 1.31. The van der Waals surface area contributed by atoms with E-state index in [2.05, 4.69) is 119 Å². The van der Waals surface area contributed by atoms with Crippen LogP contribution in [0.4, 0.5) is 0 Å². The van der Waals surface area contributed by atoms with Gasteiger partial charge in [0.2, 0.25) is 0 Å². The van der Waals surface area contributed by atoms with Crippen molar-refractivity contribution in [2.45, 2.75) is 28.8 Å². The van der Waals surface area contributed by atoms with Gasteiger partial charge >= 0.3 is 0 Å². The van der Waals surface area contributed by atoms with Crippen LogP contribution in [0.1, 0.15) is 36.0 Å². The lowest BCUT2D eigenvalue weighted by Crippen LogP contribution is -2.18. The first-order chi connectivity index (χ1) is 15.2. The summed E-state index contributed by atoms with van der Waals surface area (Å²) in [5.41, 5.74) is 3.06. The molecule has 4 unspecified atom stereocenters. The Morgan fingerprint density at radius 1 is 0.806 bits per heavy atom. The maximum Gasteiger partial charge on any atom is 0.0771 e. The lowest BCUT2D eigenvalue weighted by Gasteiger charge is -2.31. The van der Waals surface area contributed by atoms with Crippen molar-refractivity contribution in [1.82, 2.24) is 0 Å². The fourth-order valence-electron chi connectivity index (χ4n) is 3.51. The third-order valence-electron chi connectivity index (χ3n) is 5.01. The van der Waals surface area contributed by atoms with Gasteiger partial charge in [0.1, 0.15) is 0 Å². The fourth-order valence-corrected chi connectivity index (χ4v) is 19.4. The van der Waals surface area contributed by atoms with Gasteiger partial charge in [-0.05, 0) is 34.0 Å². The minimum Gasteiger partial charge on any atom is -0.168 e. The van der Waals surface area contributed by atoms with Crippen molar-refractivity contribution in [1.29, 1.82) is 0 Å². The summed E-state index contributed by atoms with van der Waals surface area (Å²) in [4.78, 5) is 3.13. The summed E-state index contributed by atoms with van der Waals surface area (Å²) in [6.07, 6.45) is 0. The van der Waals surface area contributed by atoms with Gasteiger partial charge in [-0.15, -0.1) is 117 Å². The van der Waals surface area contributed by atoms with Gasteiger partial charge in [0.05, 0.1) is 22.9 Å². The summed E-state index contributed by atoms with van der Waals surface area (Å²) in [6.45, 7) is 0. The molecule has 0 aliphatic carbocycles. The van der Waals surface area contributed by atoms with E-state index in [9.17, 15) is 0 Å². The van der Waals surface area contributed by atoms with E-state index in [0.717, 1.165) is 10.2 Å². The topological polar surface area (TPSA) is 0 Å². The van der Waals surface area contributed by atoms with Crippen LogP contribution in [-0.2, 0) is 0 Å². The van der Waals surface area contributed by atoms with E-state index in [1.807, 2.05) is 46.2 Å². The number of thiol groups is 2. The van der Waals surface area contributed by atoms with E-state index in [4.69, 9.17) is 0 Å². The fraction of sp³-hybridized carbons (Fsp3) is 0.579. The Bertz CT molecular complexity index is 782. The average Bonchev–Trinajstić information content (AvgIpc) is 3.50. The number of hydrogen-bond donors (Lipinski definition) is 2. The minimum absolute atomic E-state index is 0.541. The van der Waals surface area contributed by atoms with Crippen LogP contribution in [0, 0.1) is 0 Å². The molecule has 3 saturated heterocycles. The second-order valence-corrected chi connectivity index (χ2v) is 21.7. The highest BCUT2D eigenvalue weighted by molar-refractivity contribution is 8.32. The van der Waals surface area contributed by atoms with Crippen molar-refractivity contribution < 1.29 is 0 Å². The Morgan fingerprint density at radius 3 is 1.74 bits per heavy atom. The van der Waals surface area contributed by atoms with Crippen LogP contribution >= 0.6 is 142 Å². The molecule has 0 aromatic carbocycles. The third kappa shape index (κ3) is 6.25. The SMILES string of the molecule is SCSC1CSC(c2csc(C(c3cc(C4SCC(SCS)S4)cs3)C3SCS3)c2)S1. The van der Waals surface area contributed by atoms with Crippen LogP contribution in [0.5, 0.6) is 0 Å². The van der Waals surface area contributed by atoms with E-state index in [-0.39, 0.29) is 0 Å². The Hall–Kier alpha value is 2.90. The molecule has 0 bridgehead atoms. The van der Waals surface area contributed by atoms with Gasteiger partial charge in [0, 0.05) is 42.4 Å². The second-order valence-electron chi connectivity index (χ2n) is 6.92. The monoisotopic (exact) mass is 634 g/mol. The Labute approximate surface area is 238 Å². The first kappa shape index (κ1) is 25.5. The quantitative estimate of drug-likeness (QED) is 0.204. The van der Waals surface area contributed by atoms with Crippen LogP contribution < -0.4 is 0 Å². The van der Waals surface area contributed by atoms with Crippen molar-refractivity contribution in [2.75, 3.05) is 26.8 Å². The molecule has 31 heavy (non-hydrogen) atoms. The molecule has 5 heterocycles. The van der Waals surface area contributed by atoms with Gasteiger partial charge < -0.3 is 0 Å². The molecule has 0 radical (unpaired) electrons. The van der Waals surface area contributed by atoms with Crippen LogP contribution in [0.2, 0.25) is 0 Å². The Morgan fingerprint density at radius 2 is 1.32 bits per heavy atom. The lowest BCUT2D eigenvalue weighted by atomic mass is 10.1. The zero-order valence-electron chi connectivity index (χ0n) is 16.3. The maximum absolute atomic E-state index is 4.40. The van der Waals surface area contributed by atoms with Crippen LogP contribution in [0.25, 0.3) is 0 Å². The standard InChI is InChI=1S/C19H22S12/c20-7-26-14-5-24-17(30-14)10-1-12(22-3-10)16(19-28-9-29-19)13-2-11(4-23-13)18-25-6-15(31-18)27-8-21/h1-4,14-21H,5-9H2. The van der Waals surface area contributed by atoms with Gasteiger partial charge in [0.25, 0.3) is 0 Å². The van der Waals surface area contributed by atoms with Gasteiger partial charge in [-0.2, -0.15) is 25.3 Å². The third-order valence-corrected chi connectivity index (χ3v) is 20.4. The van der Waals surface area contributed by atoms with Crippen LogP contribution in [0.15, 0.2) is 22.9 Å². The molecule has 0 amide bonds. The molecule has 0 spiro atoms. The molecule has 3 fully saturated rings. The molecule has 3 aliphatic rings. The summed E-state index contributed by atoms with van der Waals surface area (Å²) in [7, 11) is 0. The van der Waals surface area contributed by atoms with E-state index < -0.39 is 0 Å². The number of hydrogen-bond acceptors (Lipinski definition) is 12. The molecule has 4 atom stereocenters. The molecular formula is C19H22S12. The number of rotatable bonds is 9. The predicted molar refractivity (Wildman–Crippen MR) is 170 cm³/mol. The van der Waals surface area contributed by atoms with E-state index in [1.54, 1.807) is 9.75 Å². The first-order valence-corrected chi connectivity index (χ1v) is 20.8. The van der Waals surface area contributed by atoms with Crippen LogP contribution in [0.3, 0.4) is 0 Å². The first-order valence-electron chi connectivity index (χ1n) is 9.64. The summed E-state index contributed by atoms with van der Waals surface area (Å²) >= 11 is 29.5. The molecule has 3 aliphatic heterocycles. The second kappa shape index (κ2) is 12.4. The normalized spacial score (nSPS) is 30.0. The van der Waals surface area contributed by atoms with E-state index >= 15 is 0 Å². The highest BCUT2D eigenvalue weighted by Crippen LogP contribution is 2.58. The molecule has 0 saturated carbocycles. The predicted octanol–water partition coefficient (Wildman–Crippen LogP) is 9.56. The van der Waals surface area contributed by atoms with Gasteiger partial charge in [-0.3, -0.25) is 0 Å². The van der Waals surface area contributed by atoms with Crippen molar-refractivity contribution in [3.05, 3.63) is 43.8 Å². The molecule has 12 heteroatoms. The molecule has 2 aromatic rings. The maximum atomic E-state index is 4.40. The molecule has 0 N–H and O–H groups in total. The summed E-state index contributed by atoms with van der Waals surface area (Å²) in [6, 6.07) is 5.07. The summed E-state index contributed by atoms with van der Waals surface area (Å²) < 4.78 is 3.24. The van der Waals surface area contributed by atoms with Crippen molar-refractivity contribution in [3.63, 3.8) is 0 Å². The largest absolute Gasteiger partial charge is 0.168 e. The highest BCUT2D eigenvalue weighted by atomic mass is 32.3. The van der Waals surface area contributed by atoms with Gasteiger partial charge in [-0.25, -0.2) is 0 Å². The highest BCUT2D eigenvalue weighted by Gasteiger charge is 2.36.